The van der Waals surface area contributed by atoms with E-state index in [1.165, 1.54) is 6.42 Å². The number of nitrogens with one attached hydrogen (secondary N) is 3. The lowest BCUT2D eigenvalue weighted by molar-refractivity contribution is -0.126. The van der Waals surface area contributed by atoms with Crippen molar-refractivity contribution in [3.05, 3.63) is 34.4 Å². The molecule has 0 radical (unpaired) electrons. The summed E-state index contributed by atoms with van der Waals surface area (Å²) in [7, 11) is -1.22. The summed E-state index contributed by atoms with van der Waals surface area (Å²) >= 11 is 5.86. The molecule has 0 spiro atoms. The van der Waals surface area contributed by atoms with Crippen LogP contribution in [0.15, 0.2) is 12.1 Å². The first-order valence-corrected chi connectivity index (χ1v) is 20.0. The zero-order valence-corrected chi connectivity index (χ0v) is 27.5. The van der Waals surface area contributed by atoms with Gasteiger partial charge in [-0.15, -0.1) is 0 Å². The third-order valence-corrected chi connectivity index (χ3v) is 11.3. The van der Waals surface area contributed by atoms with Gasteiger partial charge in [0.05, 0.1) is 22.9 Å². The molecule has 11 heteroatoms. The van der Waals surface area contributed by atoms with Gasteiger partial charge in [-0.05, 0) is 62.7 Å². The first-order valence-electron chi connectivity index (χ1n) is 15.9. The van der Waals surface area contributed by atoms with Crippen LogP contribution in [0.2, 0.25) is 30.7 Å². The third-order valence-electron chi connectivity index (χ3n) is 9.34. The second-order valence-corrected chi connectivity index (χ2v) is 19.9. The predicted octanol–water partition coefficient (Wildman–Crippen LogP) is 5.41. The number of amides is 1. The predicted molar refractivity (Wildman–Crippen MR) is 166 cm³/mol. The summed E-state index contributed by atoms with van der Waals surface area (Å²) in [5, 5.41) is 21.4. The van der Waals surface area contributed by atoms with Crippen LogP contribution >= 0.6 is 11.6 Å². The molecule has 7 atom stereocenters. The number of rotatable bonds is 10. The summed E-state index contributed by atoms with van der Waals surface area (Å²) in [4.78, 5) is 15.5. The highest BCUT2D eigenvalue weighted by Crippen LogP contribution is 2.33. The standard InChI is InChI=1S/C31H51ClF2N4O3Si/c1-20-8-7-11-25(35-15-14-27(39)28-23(33)13-12-22(32)29(28)34)30-36-26(18-38(30)19-41-16-17-42(2,3)4)21-9-5-6-10-24(21)37-31(20)40/h12-13,20-21,24-27,30,35-36,39H,5-11,14-19H2,1-4H3,(H,37,40)/t20-,21?,24?,25+,26?,27?,30?/m1/s1. The van der Waals surface area contributed by atoms with Crippen molar-refractivity contribution in [3.63, 3.8) is 0 Å². The Hall–Kier alpha value is -1.14. The Balaban J connectivity index is 1.50. The Labute approximate surface area is 256 Å². The minimum atomic E-state index is -1.32. The van der Waals surface area contributed by atoms with E-state index in [0.29, 0.717) is 19.2 Å². The van der Waals surface area contributed by atoms with Crippen LogP contribution in [0, 0.1) is 23.5 Å². The van der Waals surface area contributed by atoms with Gasteiger partial charge in [0.25, 0.3) is 0 Å². The minimum Gasteiger partial charge on any atom is -0.388 e. The first-order chi connectivity index (χ1) is 19.9. The molecule has 1 aliphatic carbocycles. The van der Waals surface area contributed by atoms with E-state index in [1.807, 2.05) is 6.92 Å². The lowest BCUT2D eigenvalue weighted by atomic mass is 9.79. The number of hydrogen-bond donors (Lipinski definition) is 4. The van der Waals surface area contributed by atoms with Gasteiger partial charge >= 0.3 is 0 Å². The van der Waals surface area contributed by atoms with Crippen LogP contribution in [0.3, 0.4) is 0 Å². The number of aliphatic hydroxyl groups is 1. The normalized spacial score (nSPS) is 30.2. The number of carbonyl (C=O) groups is 1. The molecular weight excluding hydrogens is 578 g/mol. The number of ether oxygens (including phenoxy) is 1. The van der Waals surface area contributed by atoms with Crippen LogP contribution in [-0.4, -0.2) is 74.7 Å². The van der Waals surface area contributed by atoms with Gasteiger partial charge in [-0.1, -0.05) is 57.4 Å². The lowest BCUT2D eigenvalue weighted by Crippen LogP contribution is -2.55. The maximum Gasteiger partial charge on any atom is 0.223 e. The highest BCUT2D eigenvalue weighted by molar-refractivity contribution is 6.76. The van der Waals surface area contributed by atoms with Crippen molar-refractivity contribution in [1.82, 2.24) is 20.9 Å². The minimum absolute atomic E-state index is 0.00618. The van der Waals surface area contributed by atoms with E-state index < -0.39 is 25.8 Å². The molecule has 5 unspecified atom stereocenters. The second kappa shape index (κ2) is 15.2. The third kappa shape index (κ3) is 8.96. The molecule has 1 saturated carbocycles. The van der Waals surface area contributed by atoms with Crippen molar-refractivity contribution in [2.75, 3.05) is 26.4 Å². The molecule has 1 aromatic carbocycles. The average Bonchev–Trinajstić information content (AvgIpc) is 3.35. The molecule has 238 valence electrons. The molecule has 2 bridgehead atoms. The van der Waals surface area contributed by atoms with Crippen molar-refractivity contribution in [3.8, 4) is 0 Å². The molecule has 3 aliphatic rings. The Bertz CT molecular complexity index is 1050. The van der Waals surface area contributed by atoms with E-state index in [4.69, 9.17) is 16.3 Å². The summed E-state index contributed by atoms with van der Waals surface area (Å²) in [6.45, 7) is 11.5. The molecule has 42 heavy (non-hydrogen) atoms. The van der Waals surface area contributed by atoms with E-state index in [2.05, 4.69) is 40.5 Å². The van der Waals surface area contributed by atoms with E-state index in [-0.39, 0.29) is 53.1 Å². The molecule has 1 amide bonds. The summed E-state index contributed by atoms with van der Waals surface area (Å²) < 4.78 is 35.1. The average molecular weight is 629 g/mol. The maximum atomic E-state index is 14.5. The fourth-order valence-electron chi connectivity index (χ4n) is 6.76. The van der Waals surface area contributed by atoms with Gasteiger partial charge in [-0.3, -0.25) is 15.0 Å². The molecule has 0 aromatic heterocycles. The molecular formula is C31H51ClF2N4O3Si. The number of carbonyl (C=O) groups excluding carboxylic acids is 1. The Morgan fingerprint density at radius 2 is 1.90 bits per heavy atom. The van der Waals surface area contributed by atoms with Gasteiger partial charge in [0.2, 0.25) is 5.91 Å². The summed E-state index contributed by atoms with van der Waals surface area (Å²) in [6.07, 6.45) is 5.66. The van der Waals surface area contributed by atoms with Gasteiger partial charge in [0.1, 0.15) is 12.5 Å². The Morgan fingerprint density at radius 1 is 1.14 bits per heavy atom. The van der Waals surface area contributed by atoms with Crippen LogP contribution < -0.4 is 16.0 Å². The zero-order chi connectivity index (χ0) is 30.4. The fourth-order valence-corrected chi connectivity index (χ4v) is 7.68. The molecule has 2 saturated heterocycles. The van der Waals surface area contributed by atoms with Crippen LogP contribution in [0.4, 0.5) is 8.78 Å². The number of benzene rings is 1. The second-order valence-electron chi connectivity index (χ2n) is 13.9. The maximum absolute atomic E-state index is 14.5. The molecule has 7 nitrogen and oxygen atoms in total. The van der Waals surface area contributed by atoms with Crippen molar-refractivity contribution >= 4 is 25.6 Å². The van der Waals surface area contributed by atoms with Gasteiger partial charge in [-0.2, -0.15) is 0 Å². The largest absolute Gasteiger partial charge is 0.388 e. The van der Waals surface area contributed by atoms with Crippen LogP contribution in [0.25, 0.3) is 0 Å². The van der Waals surface area contributed by atoms with Crippen LogP contribution in [0.1, 0.15) is 70.0 Å². The Morgan fingerprint density at radius 3 is 2.67 bits per heavy atom. The summed E-state index contributed by atoms with van der Waals surface area (Å²) in [5.41, 5.74) is -0.386. The number of aliphatic hydroxyl groups excluding tert-OH is 1. The number of fused-ring (bicyclic) bond motifs is 4. The first kappa shape index (κ1) is 33.7. The molecule has 4 rings (SSSR count). The number of halogens is 3. The van der Waals surface area contributed by atoms with Crippen LogP contribution in [-0.2, 0) is 9.53 Å². The quantitative estimate of drug-likeness (QED) is 0.158. The van der Waals surface area contributed by atoms with Crippen molar-refractivity contribution in [2.45, 2.75) is 114 Å². The molecule has 3 fully saturated rings. The van der Waals surface area contributed by atoms with Crippen molar-refractivity contribution < 1.29 is 23.4 Å². The van der Waals surface area contributed by atoms with E-state index in [9.17, 15) is 18.7 Å². The van der Waals surface area contributed by atoms with E-state index >= 15 is 0 Å². The fraction of sp³-hybridized carbons (Fsp3) is 0.774. The summed E-state index contributed by atoms with van der Waals surface area (Å²) in [6, 6.07) is 3.75. The van der Waals surface area contributed by atoms with E-state index in [1.54, 1.807) is 0 Å². The Kier molecular flexibility index (Phi) is 12.2. The molecule has 2 heterocycles. The van der Waals surface area contributed by atoms with E-state index in [0.717, 1.165) is 69.9 Å². The molecule has 2 aliphatic heterocycles. The van der Waals surface area contributed by atoms with Gasteiger partial charge < -0.3 is 20.5 Å². The number of hydrogen-bond acceptors (Lipinski definition) is 6. The molecule has 1 aromatic rings. The van der Waals surface area contributed by atoms with Gasteiger partial charge in [0, 0.05) is 45.3 Å². The van der Waals surface area contributed by atoms with Crippen molar-refractivity contribution in [1.29, 1.82) is 0 Å². The monoisotopic (exact) mass is 628 g/mol. The zero-order valence-electron chi connectivity index (χ0n) is 25.7. The van der Waals surface area contributed by atoms with Crippen molar-refractivity contribution in [2.24, 2.45) is 11.8 Å². The van der Waals surface area contributed by atoms with Gasteiger partial charge in [-0.25, -0.2) is 8.78 Å². The van der Waals surface area contributed by atoms with Crippen LogP contribution in [0.5, 0.6) is 0 Å². The summed E-state index contributed by atoms with van der Waals surface area (Å²) in [5.74, 6) is -1.28. The van der Waals surface area contributed by atoms with Gasteiger partial charge in [0.15, 0.2) is 5.82 Å². The highest BCUT2D eigenvalue weighted by Gasteiger charge is 2.43. The molecule has 4 N–H and O–H groups in total. The number of nitrogens with zero attached hydrogens (tertiary/aromatic N) is 1. The smallest absolute Gasteiger partial charge is 0.223 e. The highest BCUT2D eigenvalue weighted by atomic mass is 35.5. The topological polar surface area (TPSA) is 85.9 Å². The lowest BCUT2D eigenvalue weighted by Gasteiger charge is -2.37. The SMILES string of the molecule is C[C@@H]1CCC[C@H](NCCC(O)c2c(F)ccc(Cl)c2F)C2NC(CN2COCC[Si](C)(C)C)C2CCCCC2NC1=O.